The van der Waals surface area contributed by atoms with Crippen molar-refractivity contribution in [2.24, 2.45) is 0 Å². The van der Waals surface area contributed by atoms with Gasteiger partial charge in [-0.25, -0.2) is 4.98 Å². The standard InChI is InChI=1S/C25H30N6O2/c1-17-8-7-11-19(21(17)32)14-27-22-20-23(30-24(29-22)26-13-12-25(2,3)33)31(16-28-20)15-18-9-5-4-6-10-18/h4-11,16,32-33H,12-15H2,1-3H3,(H2,26,27,29,30). The molecule has 0 aliphatic carbocycles. The van der Waals surface area contributed by atoms with E-state index in [-0.39, 0.29) is 5.75 Å². The van der Waals surface area contributed by atoms with Crippen LogP contribution in [0.5, 0.6) is 5.75 Å². The smallest absolute Gasteiger partial charge is 0.226 e. The number of hydrogen-bond donors (Lipinski definition) is 4. The molecule has 4 N–H and O–H groups in total. The van der Waals surface area contributed by atoms with Gasteiger partial charge in [-0.05, 0) is 38.3 Å². The lowest BCUT2D eigenvalue weighted by atomic mass is 10.1. The molecule has 0 unspecified atom stereocenters. The third kappa shape index (κ3) is 5.59. The Morgan fingerprint density at radius 3 is 2.55 bits per heavy atom. The molecule has 4 rings (SSSR count). The minimum absolute atomic E-state index is 0.272. The second-order valence-corrected chi connectivity index (χ2v) is 8.85. The van der Waals surface area contributed by atoms with Crippen molar-refractivity contribution in [1.29, 1.82) is 0 Å². The zero-order valence-corrected chi connectivity index (χ0v) is 19.2. The molecule has 8 nitrogen and oxygen atoms in total. The number of imidazole rings is 1. The molecular formula is C25H30N6O2. The molecule has 0 radical (unpaired) electrons. The van der Waals surface area contributed by atoms with Crippen LogP contribution in [-0.4, -0.2) is 41.9 Å². The lowest BCUT2D eigenvalue weighted by molar-refractivity contribution is 0.0748. The summed E-state index contributed by atoms with van der Waals surface area (Å²) in [5.74, 6) is 1.31. The third-order valence-electron chi connectivity index (χ3n) is 5.45. The molecule has 0 fully saturated rings. The molecule has 0 aliphatic heterocycles. The summed E-state index contributed by atoms with van der Waals surface area (Å²) in [6.07, 6.45) is 2.32. The largest absolute Gasteiger partial charge is 0.507 e. The van der Waals surface area contributed by atoms with Crippen molar-refractivity contribution in [3.05, 3.63) is 71.5 Å². The van der Waals surface area contributed by atoms with Crippen LogP contribution < -0.4 is 10.6 Å². The molecule has 0 bridgehead atoms. The highest BCUT2D eigenvalue weighted by atomic mass is 16.3. The van der Waals surface area contributed by atoms with Crippen molar-refractivity contribution in [3.63, 3.8) is 0 Å². The molecule has 2 aromatic carbocycles. The first-order valence-corrected chi connectivity index (χ1v) is 11.0. The number of para-hydroxylation sites is 1. The number of phenolic OH excluding ortho intramolecular Hbond substituents is 1. The molecule has 2 heterocycles. The van der Waals surface area contributed by atoms with Crippen LogP contribution in [0, 0.1) is 6.92 Å². The average Bonchev–Trinajstić information content (AvgIpc) is 3.17. The maximum Gasteiger partial charge on any atom is 0.226 e. The molecule has 2 aromatic heterocycles. The van der Waals surface area contributed by atoms with E-state index in [0.717, 1.165) is 16.7 Å². The van der Waals surface area contributed by atoms with Crippen molar-refractivity contribution >= 4 is 22.9 Å². The number of nitrogens with zero attached hydrogens (tertiary/aromatic N) is 4. The summed E-state index contributed by atoms with van der Waals surface area (Å²) in [7, 11) is 0. The number of aryl methyl sites for hydroxylation is 1. The van der Waals surface area contributed by atoms with Gasteiger partial charge >= 0.3 is 0 Å². The van der Waals surface area contributed by atoms with E-state index in [0.29, 0.717) is 49.0 Å². The van der Waals surface area contributed by atoms with Crippen LogP contribution in [0.15, 0.2) is 54.9 Å². The number of aliphatic hydroxyl groups is 1. The fourth-order valence-electron chi connectivity index (χ4n) is 3.56. The number of benzene rings is 2. The normalized spacial score (nSPS) is 11.6. The van der Waals surface area contributed by atoms with Gasteiger partial charge in [0.25, 0.3) is 0 Å². The van der Waals surface area contributed by atoms with Crippen molar-refractivity contribution in [3.8, 4) is 5.75 Å². The minimum atomic E-state index is -0.782. The minimum Gasteiger partial charge on any atom is -0.507 e. The molecule has 0 atom stereocenters. The van der Waals surface area contributed by atoms with Crippen LogP contribution >= 0.6 is 0 Å². The van der Waals surface area contributed by atoms with E-state index >= 15 is 0 Å². The number of anilines is 2. The number of hydrogen-bond acceptors (Lipinski definition) is 7. The van der Waals surface area contributed by atoms with Crippen molar-refractivity contribution in [1.82, 2.24) is 19.5 Å². The van der Waals surface area contributed by atoms with Gasteiger partial charge in [-0.1, -0.05) is 48.5 Å². The molecule has 172 valence electrons. The first-order chi connectivity index (χ1) is 15.8. The van der Waals surface area contributed by atoms with Crippen LogP contribution in [0.2, 0.25) is 0 Å². The first-order valence-electron chi connectivity index (χ1n) is 11.0. The van der Waals surface area contributed by atoms with Crippen molar-refractivity contribution < 1.29 is 10.2 Å². The number of fused-ring (bicyclic) bond motifs is 1. The lowest BCUT2D eigenvalue weighted by Gasteiger charge is -2.17. The summed E-state index contributed by atoms with van der Waals surface area (Å²) >= 11 is 0. The number of nitrogens with one attached hydrogen (secondary N) is 2. The van der Waals surface area contributed by atoms with Gasteiger partial charge in [-0.3, -0.25) is 0 Å². The summed E-state index contributed by atoms with van der Waals surface area (Å²) in [6.45, 7) is 6.98. The topological polar surface area (TPSA) is 108 Å². The van der Waals surface area contributed by atoms with Crippen molar-refractivity contribution in [2.75, 3.05) is 17.2 Å². The van der Waals surface area contributed by atoms with Gasteiger partial charge in [-0.2, -0.15) is 9.97 Å². The SMILES string of the molecule is Cc1cccc(CNc2nc(NCCC(C)(C)O)nc3c2ncn3Cc2ccccc2)c1O. The van der Waals surface area contributed by atoms with Gasteiger partial charge in [0.05, 0.1) is 18.5 Å². The summed E-state index contributed by atoms with van der Waals surface area (Å²) in [5.41, 5.74) is 3.33. The van der Waals surface area contributed by atoms with E-state index < -0.39 is 5.60 Å². The summed E-state index contributed by atoms with van der Waals surface area (Å²) in [6, 6.07) is 15.8. The average molecular weight is 447 g/mol. The first kappa shape index (κ1) is 22.5. The van der Waals surface area contributed by atoms with Gasteiger partial charge in [-0.15, -0.1) is 0 Å². The quantitative estimate of drug-likeness (QED) is 0.307. The highest BCUT2D eigenvalue weighted by Crippen LogP contribution is 2.25. The van der Waals surface area contributed by atoms with Crippen LogP contribution in [0.3, 0.4) is 0 Å². The van der Waals surface area contributed by atoms with E-state index in [1.807, 2.05) is 47.9 Å². The molecule has 4 aromatic rings. The molecule has 0 saturated carbocycles. The molecule has 0 aliphatic rings. The zero-order valence-electron chi connectivity index (χ0n) is 19.2. The lowest BCUT2D eigenvalue weighted by Crippen LogP contribution is -2.23. The number of aromatic nitrogens is 4. The summed E-state index contributed by atoms with van der Waals surface area (Å²) in [5, 5.41) is 26.9. The van der Waals surface area contributed by atoms with Crippen LogP contribution in [0.1, 0.15) is 37.0 Å². The van der Waals surface area contributed by atoms with Crippen molar-refractivity contribution in [2.45, 2.75) is 45.9 Å². The van der Waals surface area contributed by atoms with E-state index in [2.05, 4.69) is 32.7 Å². The Morgan fingerprint density at radius 1 is 1.00 bits per heavy atom. The Labute approximate surface area is 193 Å². The predicted molar refractivity (Wildman–Crippen MR) is 130 cm³/mol. The number of rotatable bonds is 9. The molecule has 0 amide bonds. The highest BCUT2D eigenvalue weighted by molar-refractivity contribution is 5.84. The molecular weight excluding hydrogens is 416 g/mol. The maximum absolute atomic E-state index is 10.4. The zero-order chi connectivity index (χ0) is 23.4. The number of phenols is 1. The second kappa shape index (κ2) is 9.46. The van der Waals surface area contributed by atoms with Gasteiger partial charge in [0.15, 0.2) is 17.0 Å². The Bertz CT molecular complexity index is 1230. The van der Waals surface area contributed by atoms with E-state index in [1.165, 1.54) is 0 Å². The Kier molecular flexibility index (Phi) is 6.46. The molecule has 33 heavy (non-hydrogen) atoms. The molecule has 0 spiro atoms. The summed E-state index contributed by atoms with van der Waals surface area (Å²) in [4.78, 5) is 13.9. The number of aromatic hydroxyl groups is 1. The second-order valence-electron chi connectivity index (χ2n) is 8.85. The van der Waals surface area contributed by atoms with Crippen LogP contribution in [0.4, 0.5) is 11.8 Å². The van der Waals surface area contributed by atoms with Crippen LogP contribution in [0.25, 0.3) is 11.2 Å². The summed E-state index contributed by atoms with van der Waals surface area (Å²) < 4.78 is 1.99. The van der Waals surface area contributed by atoms with E-state index in [4.69, 9.17) is 4.98 Å². The van der Waals surface area contributed by atoms with Gasteiger partial charge in [0.1, 0.15) is 5.75 Å². The van der Waals surface area contributed by atoms with E-state index in [9.17, 15) is 10.2 Å². The fraction of sp³-hybridized carbons (Fsp3) is 0.320. The Hall–Kier alpha value is -3.65. The molecule has 8 heteroatoms. The Balaban J connectivity index is 1.65. The van der Waals surface area contributed by atoms with Crippen LogP contribution in [-0.2, 0) is 13.1 Å². The van der Waals surface area contributed by atoms with E-state index in [1.54, 1.807) is 20.2 Å². The van der Waals surface area contributed by atoms with Gasteiger partial charge in [0.2, 0.25) is 5.95 Å². The fourth-order valence-corrected chi connectivity index (χ4v) is 3.56. The molecule has 0 saturated heterocycles. The Morgan fingerprint density at radius 2 is 1.79 bits per heavy atom. The maximum atomic E-state index is 10.4. The van der Waals surface area contributed by atoms with Gasteiger partial charge < -0.3 is 25.4 Å². The predicted octanol–water partition coefficient (Wildman–Crippen LogP) is 4.07. The highest BCUT2D eigenvalue weighted by Gasteiger charge is 2.16. The third-order valence-corrected chi connectivity index (χ3v) is 5.45. The monoisotopic (exact) mass is 446 g/mol. The van der Waals surface area contributed by atoms with Gasteiger partial charge in [0, 0.05) is 18.7 Å².